The second kappa shape index (κ2) is 9.11. The zero-order valence-electron chi connectivity index (χ0n) is 13.8. The Hall–Kier alpha value is -2.00. The predicted octanol–water partition coefficient (Wildman–Crippen LogP) is 4.69. The van der Waals surface area contributed by atoms with E-state index in [0.717, 1.165) is 48.6 Å². The smallest absolute Gasteiger partial charge is 0.0541 e. The van der Waals surface area contributed by atoms with Crippen LogP contribution in [0.1, 0.15) is 33.1 Å². The highest BCUT2D eigenvalue weighted by Crippen LogP contribution is 2.23. The Balaban J connectivity index is 2.73. The summed E-state index contributed by atoms with van der Waals surface area (Å²) in [4.78, 5) is 2.10. The summed E-state index contributed by atoms with van der Waals surface area (Å²) in [6.45, 7) is 16.5. The molecule has 1 rings (SSSR count). The van der Waals surface area contributed by atoms with Gasteiger partial charge in [-0.3, -0.25) is 0 Å². The third-order valence-electron chi connectivity index (χ3n) is 3.50. The van der Waals surface area contributed by atoms with Crippen molar-refractivity contribution in [1.29, 1.82) is 0 Å². The van der Waals surface area contributed by atoms with E-state index in [9.17, 15) is 5.11 Å². The maximum Gasteiger partial charge on any atom is 0.0541 e. The molecule has 0 radical (unpaired) electrons. The van der Waals surface area contributed by atoms with Crippen LogP contribution in [0.2, 0.25) is 0 Å². The van der Waals surface area contributed by atoms with E-state index in [1.165, 1.54) is 0 Å². The molecule has 0 spiro atoms. The number of anilines is 2. The van der Waals surface area contributed by atoms with Gasteiger partial charge in [-0.05, 0) is 44.4 Å². The van der Waals surface area contributed by atoms with Gasteiger partial charge in [-0.2, -0.15) is 0 Å². The summed E-state index contributed by atoms with van der Waals surface area (Å²) in [6, 6.07) is 8.13. The number of hydrogen-bond donors (Lipinski definition) is 2. The first-order valence-electron chi connectivity index (χ1n) is 7.74. The quantitative estimate of drug-likeness (QED) is 0.615. The predicted molar refractivity (Wildman–Crippen MR) is 97.1 cm³/mol. The summed E-state index contributed by atoms with van der Waals surface area (Å²) in [6.07, 6.45) is 3.88. The third-order valence-corrected chi connectivity index (χ3v) is 3.50. The molecular formula is C19H28N2O. The normalized spacial score (nSPS) is 11.6. The molecule has 3 heteroatoms. The van der Waals surface area contributed by atoms with Gasteiger partial charge in [-0.25, -0.2) is 0 Å². The molecule has 1 atom stereocenters. The second-order valence-electron chi connectivity index (χ2n) is 5.51. The molecule has 0 aromatic heterocycles. The number of nitrogens with one attached hydrogen (secondary N) is 1. The van der Waals surface area contributed by atoms with E-state index in [1.807, 2.05) is 38.1 Å². The highest BCUT2D eigenvalue weighted by atomic mass is 16.3. The zero-order valence-corrected chi connectivity index (χ0v) is 13.8. The Morgan fingerprint density at radius 3 is 2.73 bits per heavy atom. The molecule has 3 nitrogen and oxygen atoms in total. The van der Waals surface area contributed by atoms with Crippen molar-refractivity contribution < 1.29 is 5.11 Å². The van der Waals surface area contributed by atoms with Gasteiger partial charge in [-0.1, -0.05) is 32.2 Å². The summed E-state index contributed by atoms with van der Waals surface area (Å²) in [5, 5.41) is 12.9. The minimum absolute atomic E-state index is 0.253. The molecule has 22 heavy (non-hydrogen) atoms. The summed E-state index contributed by atoms with van der Waals surface area (Å²) in [5.41, 5.74) is 3.94. The van der Waals surface area contributed by atoms with Gasteiger partial charge in [0.2, 0.25) is 0 Å². The lowest BCUT2D eigenvalue weighted by Crippen LogP contribution is -2.20. The Bertz CT molecular complexity index is 522. The van der Waals surface area contributed by atoms with Gasteiger partial charge in [0.05, 0.1) is 6.10 Å². The fraction of sp³-hybridized carbons (Fsp3) is 0.368. The van der Waals surface area contributed by atoms with Crippen molar-refractivity contribution in [2.75, 3.05) is 16.8 Å². The molecule has 0 bridgehead atoms. The van der Waals surface area contributed by atoms with E-state index in [0.29, 0.717) is 0 Å². The van der Waals surface area contributed by atoms with Crippen LogP contribution in [0.3, 0.4) is 0 Å². The van der Waals surface area contributed by atoms with Gasteiger partial charge in [-0.15, -0.1) is 6.58 Å². The molecule has 0 fully saturated rings. The van der Waals surface area contributed by atoms with Crippen molar-refractivity contribution in [1.82, 2.24) is 0 Å². The molecule has 0 aliphatic heterocycles. The van der Waals surface area contributed by atoms with Crippen LogP contribution in [0.5, 0.6) is 0 Å². The zero-order chi connectivity index (χ0) is 16.5. The van der Waals surface area contributed by atoms with Gasteiger partial charge in [0.1, 0.15) is 0 Å². The van der Waals surface area contributed by atoms with E-state index in [-0.39, 0.29) is 6.10 Å². The number of nitrogens with zero attached hydrogens (tertiary/aromatic N) is 1. The lowest BCUT2D eigenvalue weighted by atomic mass is 10.1. The monoisotopic (exact) mass is 300 g/mol. The second-order valence-corrected chi connectivity index (χ2v) is 5.51. The van der Waals surface area contributed by atoms with Crippen molar-refractivity contribution >= 4 is 11.4 Å². The summed E-state index contributed by atoms with van der Waals surface area (Å²) < 4.78 is 0. The van der Waals surface area contributed by atoms with Crippen LogP contribution in [-0.2, 0) is 0 Å². The maximum atomic E-state index is 9.62. The fourth-order valence-corrected chi connectivity index (χ4v) is 2.17. The molecule has 1 aromatic carbocycles. The molecule has 0 heterocycles. The van der Waals surface area contributed by atoms with E-state index in [2.05, 4.69) is 36.0 Å². The average molecular weight is 300 g/mol. The first kappa shape index (κ1) is 18.1. The van der Waals surface area contributed by atoms with Gasteiger partial charge < -0.3 is 15.3 Å². The van der Waals surface area contributed by atoms with Crippen LogP contribution in [0.15, 0.2) is 61.5 Å². The van der Waals surface area contributed by atoms with Crippen molar-refractivity contribution in [3.63, 3.8) is 0 Å². The minimum Gasteiger partial charge on any atom is -0.393 e. The summed E-state index contributed by atoms with van der Waals surface area (Å²) in [5.74, 6) is 0. The molecular weight excluding hydrogens is 272 g/mol. The Morgan fingerprint density at radius 1 is 1.41 bits per heavy atom. The molecule has 0 aliphatic carbocycles. The first-order chi connectivity index (χ1) is 10.5. The molecule has 0 saturated heterocycles. The minimum atomic E-state index is -0.253. The first-order valence-corrected chi connectivity index (χ1v) is 7.74. The van der Waals surface area contributed by atoms with E-state index < -0.39 is 0 Å². The Labute approximate surface area is 134 Å². The third kappa shape index (κ3) is 5.78. The van der Waals surface area contributed by atoms with Gasteiger partial charge in [0.25, 0.3) is 0 Å². The largest absolute Gasteiger partial charge is 0.393 e. The lowest BCUT2D eigenvalue weighted by molar-refractivity contribution is 0.161. The van der Waals surface area contributed by atoms with Crippen LogP contribution in [0, 0.1) is 0 Å². The highest BCUT2D eigenvalue weighted by molar-refractivity contribution is 5.62. The number of benzene rings is 1. The Morgan fingerprint density at radius 2 is 2.14 bits per heavy atom. The van der Waals surface area contributed by atoms with E-state index in [4.69, 9.17) is 0 Å². The average Bonchev–Trinajstić information content (AvgIpc) is 2.50. The fourth-order valence-electron chi connectivity index (χ4n) is 2.17. The van der Waals surface area contributed by atoms with Crippen molar-refractivity contribution in [2.24, 2.45) is 0 Å². The van der Waals surface area contributed by atoms with Crippen molar-refractivity contribution in [3.8, 4) is 0 Å². The number of aliphatic hydroxyl groups excluding tert-OH is 1. The maximum absolute atomic E-state index is 9.62. The van der Waals surface area contributed by atoms with Crippen LogP contribution in [-0.4, -0.2) is 17.8 Å². The van der Waals surface area contributed by atoms with Crippen LogP contribution >= 0.6 is 0 Å². The van der Waals surface area contributed by atoms with E-state index >= 15 is 0 Å². The molecule has 0 saturated carbocycles. The van der Waals surface area contributed by atoms with Crippen LogP contribution < -0.4 is 10.2 Å². The number of hydrogen-bond acceptors (Lipinski definition) is 3. The van der Waals surface area contributed by atoms with Crippen LogP contribution in [0.25, 0.3) is 0 Å². The van der Waals surface area contributed by atoms with Crippen LogP contribution in [0.4, 0.5) is 11.4 Å². The van der Waals surface area contributed by atoms with E-state index in [1.54, 1.807) is 0 Å². The van der Waals surface area contributed by atoms with Gasteiger partial charge in [0, 0.05) is 29.3 Å². The number of rotatable bonds is 10. The lowest BCUT2D eigenvalue weighted by Gasteiger charge is -2.24. The van der Waals surface area contributed by atoms with Crippen molar-refractivity contribution in [2.45, 2.75) is 39.2 Å². The number of allylic oxidation sites excluding steroid dienone is 2. The summed E-state index contributed by atoms with van der Waals surface area (Å²) >= 11 is 0. The van der Waals surface area contributed by atoms with Crippen molar-refractivity contribution in [3.05, 3.63) is 61.5 Å². The molecule has 0 amide bonds. The molecule has 0 aliphatic rings. The molecule has 1 unspecified atom stereocenters. The number of aliphatic hydroxyl groups is 1. The molecule has 120 valence electrons. The Kier molecular flexibility index (Phi) is 7.47. The standard InChI is InChI=1S/C19H28N2O/c1-6-13-21(15(3)4)18-10-8-9-17(14-18)20-16(5)11-12-19(22)7-2/h6,8-10,14,19-20,22H,1,3,5,7,11-13H2,2,4H3. The van der Waals surface area contributed by atoms with Gasteiger partial charge >= 0.3 is 0 Å². The van der Waals surface area contributed by atoms with Gasteiger partial charge in [0.15, 0.2) is 0 Å². The molecule has 1 aromatic rings. The SMILES string of the molecule is C=CCN(C(=C)C)c1cccc(NC(=C)CCC(O)CC)c1. The summed E-state index contributed by atoms with van der Waals surface area (Å²) in [7, 11) is 0. The molecule has 2 N–H and O–H groups in total. The topological polar surface area (TPSA) is 35.5 Å². The highest BCUT2D eigenvalue weighted by Gasteiger charge is 2.07.